The van der Waals surface area contributed by atoms with Gasteiger partial charge in [0.15, 0.2) is 0 Å². The summed E-state index contributed by atoms with van der Waals surface area (Å²) in [5, 5.41) is 0. The Balaban J connectivity index is 4.16. The molecule has 0 bridgehead atoms. The minimum Gasteiger partial charge on any atom is -0.465 e. The van der Waals surface area contributed by atoms with E-state index in [9.17, 15) is 9.59 Å². The Hall–Kier alpha value is -1.10. The maximum Gasteiger partial charge on any atom is 0.320 e. The van der Waals surface area contributed by atoms with Gasteiger partial charge in [-0.25, -0.2) is 0 Å². The van der Waals surface area contributed by atoms with Crippen molar-refractivity contribution in [2.45, 2.75) is 20.3 Å². The van der Waals surface area contributed by atoms with E-state index >= 15 is 0 Å². The van der Waals surface area contributed by atoms with Gasteiger partial charge in [-0.15, -0.1) is 0 Å². The highest BCUT2D eigenvalue weighted by atomic mass is 16.5. The molecular formula is C11H22N2O3. The summed E-state index contributed by atoms with van der Waals surface area (Å²) in [7, 11) is 3.41. The molecule has 0 N–H and O–H groups in total. The van der Waals surface area contributed by atoms with Crippen LogP contribution >= 0.6 is 0 Å². The van der Waals surface area contributed by atoms with Crippen LogP contribution in [0, 0.1) is 0 Å². The van der Waals surface area contributed by atoms with Crippen molar-refractivity contribution in [2.75, 3.05) is 40.3 Å². The minimum absolute atomic E-state index is 0.00208. The Morgan fingerprint density at radius 3 is 2.19 bits per heavy atom. The zero-order valence-corrected chi connectivity index (χ0v) is 10.7. The van der Waals surface area contributed by atoms with Crippen molar-refractivity contribution in [3.8, 4) is 0 Å². The number of ether oxygens (including phenoxy) is 1. The molecule has 0 spiro atoms. The van der Waals surface area contributed by atoms with Crippen LogP contribution in [-0.4, -0.2) is 62.0 Å². The predicted octanol–water partition coefficient (Wildman–Crippen LogP) is 0.350. The summed E-state index contributed by atoms with van der Waals surface area (Å²) >= 11 is 0. The highest BCUT2D eigenvalue weighted by Gasteiger charge is 2.15. The van der Waals surface area contributed by atoms with Gasteiger partial charge in [-0.2, -0.15) is 0 Å². The van der Waals surface area contributed by atoms with Crippen LogP contribution in [0.5, 0.6) is 0 Å². The molecule has 0 aromatic carbocycles. The fourth-order valence-corrected chi connectivity index (χ4v) is 1.25. The van der Waals surface area contributed by atoms with Gasteiger partial charge in [0.2, 0.25) is 5.91 Å². The normalized spacial score (nSPS) is 10.3. The van der Waals surface area contributed by atoms with E-state index in [1.807, 2.05) is 6.92 Å². The number of carbonyl (C=O) groups is 2. The summed E-state index contributed by atoms with van der Waals surface area (Å²) in [6.45, 7) is 5.32. The lowest BCUT2D eigenvalue weighted by Crippen LogP contribution is -2.40. The largest absolute Gasteiger partial charge is 0.465 e. The lowest BCUT2D eigenvalue weighted by Gasteiger charge is -2.21. The monoisotopic (exact) mass is 230 g/mol. The highest BCUT2D eigenvalue weighted by Crippen LogP contribution is 1.95. The molecule has 0 fully saturated rings. The van der Waals surface area contributed by atoms with Gasteiger partial charge in [-0.3, -0.25) is 14.5 Å². The summed E-state index contributed by atoms with van der Waals surface area (Å²) in [4.78, 5) is 26.1. The third-order valence-corrected chi connectivity index (χ3v) is 2.06. The molecule has 94 valence electrons. The van der Waals surface area contributed by atoms with Crippen molar-refractivity contribution in [3.63, 3.8) is 0 Å². The van der Waals surface area contributed by atoms with E-state index in [1.54, 1.807) is 25.9 Å². The fourth-order valence-electron chi connectivity index (χ4n) is 1.25. The maximum absolute atomic E-state index is 11.5. The molecule has 0 aliphatic heterocycles. The third-order valence-electron chi connectivity index (χ3n) is 2.06. The smallest absolute Gasteiger partial charge is 0.320 e. The Kier molecular flexibility index (Phi) is 7.54. The average molecular weight is 230 g/mol. The van der Waals surface area contributed by atoms with Crippen LogP contribution in [-0.2, 0) is 14.3 Å². The Morgan fingerprint density at radius 2 is 1.75 bits per heavy atom. The molecule has 0 aliphatic rings. The van der Waals surface area contributed by atoms with Crippen LogP contribution in [0.15, 0.2) is 0 Å². The van der Waals surface area contributed by atoms with E-state index in [0.717, 1.165) is 13.0 Å². The molecule has 16 heavy (non-hydrogen) atoms. The van der Waals surface area contributed by atoms with Crippen molar-refractivity contribution >= 4 is 11.9 Å². The fraction of sp³-hybridized carbons (Fsp3) is 0.818. The summed E-state index contributed by atoms with van der Waals surface area (Å²) < 4.78 is 4.86. The Morgan fingerprint density at radius 1 is 1.12 bits per heavy atom. The number of nitrogens with zero attached hydrogens (tertiary/aromatic N) is 2. The zero-order chi connectivity index (χ0) is 12.6. The van der Waals surface area contributed by atoms with Crippen LogP contribution < -0.4 is 0 Å². The molecule has 5 nitrogen and oxygen atoms in total. The van der Waals surface area contributed by atoms with E-state index in [2.05, 4.69) is 0 Å². The van der Waals surface area contributed by atoms with E-state index in [1.165, 1.54) is 4.90 Å². The molecule has 0 saturated heterocycles. The summed E-state index contributed by atoms with van der Waals surface area (Å²) in [6, 6.07) is 0. The van der Waals surface area contributed by atoms with Crippen LogP contribution in [0.2, 0.25) is 0 Å². The second-order valence-corrected chi connectivity index (χ2v) is 3.80. The predicted molar refractivity (Wildman–Crippen MR) is 62.1 cm³/mol. The first kappa shape index (κ1) is 14.9. The lowest BCUT2D eigenvalue weighted by molar-refractivity contribution is -0.145. The molecule has 0 aromatic rings. The Labute approximate surface area is 97.3 Å². The van der Waals surface area contributed by atoms with Crippen LogP contribution in [0.4, 0.5) is 0 Å². The van der Waals surface area contributed by atoms with Gasteiger partial charge in [0.05, 0.1) is 19.7 Å². The number of hydrogen-bond donors (Lipinski definition) is 0. The number of carbonyl (C=O) groups excluding carboxylic acids is 2. The molecule has 0 rings (SSSR count). The van der Waals surface area contributed by atoms with Crippen molar-refractivity contribution in [1.29, 1.82) is 0 Å². The quantitative estimate of drug-likeness (QED) is 0.592. The van der Waals surface area contributed by atoms with Crippen LogP contribution in [0.1, 0.15) is 20.3 Å². The second-order valence-electron chi connectivity index (χ2n) is 3.80. The van der Waals surface area contributed by atoms with Gasteiger partial charge in [-0.1, -0.05) is 6.92 Å². The number of hydrogen-bond acceptors (Lipinski definition) is 4. The van der Waals surface area contributed by atoms with Crippen molar-refractivity contribution in [2.24, 2.45) is 0 Å². The lowest BCUT2D eigenvalue weighted by atomic mass is 10.3. The third kappa shape index (κ3) is 6.40. The van der Waals surface area contributed by atoms with E-state index < -0.39 is 0 Å². The van der Waals surface area contributed by atoms with Gasteiger partial charge in [-0.05, 0) is 19.9 Å². The summed E-state index contributed by atoms with van der Waals surface area (Å²) in [5.74, 6) is -0.278. The molecule has 0 aliphatic carbocycles. The first-order valence-electron chi connectivity index (χ1n) is 5.59. The number of amides is 1. The van der Waals surface area contributed by atoms with Crippen molar-refractivity contribution in [3.05, 3.63) is 0 Å². The molecule has 1 amide bonds. The summed E-state index contributed by atoms with van der Waals surface area (Å²) in [6.07, 6.45) is 0.903. The van der Waals surface area contributed by atoms with Gasteiger partial charge in [0, 0.05) is 14.1 Å². The molecule has 0 aromatic heterocycles. The SMILES string of the molecule is CCCN(CC(=O)OCC)CC(=O)N(C)C. The highest BCUT2D eigenvalue weighted by molar-refractivity contribution is 5.79. The molecule has 0 saturated carbocycles. The van der Waals surface area contributed by atoms with E-state index in [0.29, 0.717) is 6.61 Å². The van der Waals surface area contributed by atoms with Gasteiger partial charge in [0.25, 0.3) is 0 Å². The minimum atomic E-state index is -0.275. The van der Waals surface area contributed by atoms with Crippen LogP contribution in [0.3, 0.4) is 0 Å². The molecular weight excluding hydrogens is 208 g/mol. The van der Waals surface area contributed by atoms with Crippen LogP contribution in [0.25, 0.3) is 0 Å². The maximum atomic E-state index is 11.5. The van der Waals surface area contributed by atoms with E-state index in [4.69, 9.17) is 4.74 Å². The zero-order valence-electron chi connectivity index (χ0n) is 10.7. The number of rotatable bonds is 7. The van der Waals surface area contributed by atoms with Crippen molar-refractivity contribution in [1.82, 2.24) is 9.80 Å². The second kappa shape index (κ2) is 8.10. The molecule has 0 unspecified atom stereocenters. The first-order chi connectivity index (χ1) is 7.51. The molecule has 5 heteroatoms. The topological polar surface area (TPSA) is 49.9 Å². The Bertz CT molecular complexity index is 229. The van der Waals surface area contributed by atoms with Crippen molar-refractivity contribution < 1.29 is 14.3 Å². The van der Waals surface area contributed by atoms with E-state index in [-0.39, 0.29) is 25.0 Å². The molecule has 0 atom stereocenters. The van der Waals surface area contributed by atoms with Gasteiger partial charge in [0.1, 0.15) is 0 Å². The number of esters is 1. The molecule has 0 radical (unpaired) electrons. The van der Waals surface area contributed by atoms with Gasteiger partial charge < -0.3 is 9.64 Å². The molecule has 0 heterocycles. The summed E-state index contributed by atoms with van der Waals surface area (Å²) in [5.41, 5.74) is 0. The van der Waals surface area contributed by atoms with Gasteiger partial charge >= 0.3 is 5.97 Å². The number of likely N-dealkylation sites (N-methyl/N-ethyl adjacent to an activating group) is 1. The average Bonchev–Trinajstić information content (AvgIpc) is 2.17. The standard InChI is InChI=1S/C11H22N2O3/c1-5-7-13(8-10(14)12(3)4)9-11(15)16-6-2/h5-9H2,1-4H3. The first-order valence-corrected chi connectivity index (χ1v) is 5.59.